The SMILES string of the molecule is CCCCCCCCOCCOC(=O)CCCSCCC1C(=O)CC(O)C1C=CC(O)Cc1cccc(COC)c1. The van der Waals surface area contributed by atoms with Gasteiger partial charge >= 0.3 is 5.97 Å². The molecule has 0 radical (unpaired) electrons. The zero-order valence-electron chi connectivity index (χ0n) is 25.1. The highest BCUT2D eigenvalue weighted by molar-refractivity contribution is 7.99. The molecule has 4 unspecified atom stereocenters. The molecule has 2 N–H and O–H groups in total. The van der Waals surface area contributed by atoms with Crippen molar-refractivity contribution in [2.24, 2.45) is 11.8 Å². The Bertz CT molecular complexity index is 890. The number of unbranched alkanes of at least 4 members (excludes halogenated alkanes) is 5. The molecule has 232 valence electrons. The number of Topliss-reactive ketones (excluding diaryl/α,β-unsaturated/α-hetero) is 1. The number of aliphatic hydroxyl groups excluding tert-OH is 2. The molecule has 8 heteroatoms. The van der Waals surface area contributed by atoms with Crippen LogP contribution in [0, 0.1) is 11.8 Å². The molecule has 0 amide bonds. The fourth-order valence-corrected chi connectivity index (χ4v) is 6.15. The fraction of sp³-hybridized carbons (Fsp3) is 0.697. The first-order chi connectivity index (χ1) is 19.9. The molecule has 1 saturated carbocycles. The first kappa shape index (κ1) is 35.5. The Morgan fingerprint density at radius 2 is 1.85 bits per heavy atom. The third kappa shape index (κ3) is 15.4. The van der Waals surface area contributed by atoms with Crippen LogP contribution in [0.5, 0.6) is 0 Å². The minimum absolute atomic E-state index is 0.0804. The Morgan fingerprint density at radius 3 is 2.66 bits per heavy atom. The number of methoxy groups -OCH3 is 1. The maximum Gasteiger partial charge on any atom is 0.305 e. The van der Waals surface area contributed by atoms with E-state index in [0.717, 1.165) is 42.1 Å². The molecule has 1 aliphatic carbocycles. The summed E-state index contributed by atoms with van der Waals surface area (Å²) in [5, 5.41) is 21.0. The van der Waals surface area contributed by atoms with Gasteiger partial charge in [-0.3, -0.25) is 9.59 Å². The van der Waals surface area contributed by atoms with Gasteiger partial charge in [-0.2, -0.15) is 11.8 Å². The van der Waals surface area contributed by atoms with E-state index in [1.165, 1.54) is 32.1 Å². The average Bonchev–Trinajstić information content (AvgIpc) is 3.22. The maximum atomic E-state index is 12.5. The quantitative estimate of drug-likeness (QED) is 0.0951. The van der Waals surface area contributed by atoms with Crippen LogP contribution in [-0.2, 0) is 36.8 Å². The van der Waals surface area contributed by atoms with Gasteiger partial charge in [-0.1, -0.05) is 75.4 Å². The number of thioether (sulfide) groups is 1. The smallest absolute Gasteiger partial charge is 0.305 e. The number of rotatable bonds is 23. The molecule has 0 bridgehead atoms. The first-order valence-corrected chi connectivity index (χ1v) is 16.5. The molecule has 0 aliphatic heterocycles. The van der Waals surface area contributed by atoms with E-state index in [4.69, 9.17) is 14.2 Å². The first-order valence-electron chi connectivity index (χ1n) is 15.4. The molecule has 1 aromatic rings. The van der Waals surface area contributed by atoms with Crippen LogP contribution >= 0.6 is 11.8 Å². The lowest BCUT2D eigenvalue weighted by molar-refractivity contribution is -0.145. The summed E-state index contributed by atoms with van der Waals surface area (Å²) in [5.74, 6) is 0.954. The van der Waals surface area contributed by atoms with Crippen LogP contribution in [0.1, 0.15) is 82.3 Å². The highest BCUT2D eigenvalue weighted by Gasteiger charge is 2.39. The van der Waals surface area contributed by atoms with Gasteiger partial charge in [0, 0.05) is 44.8 Å². The lowest BCUT2D eigenvalue weighted by atomic mass is 9.91. The van der Waals surface area contributed by atoms with Crippen molar-refractivity contribution in [3.63, 3.8) is 0 Å². The molecule has 2 rings (SSSR count). The van der Waals surface area contributed by atoms with Crippen LogP contribution in [0.2, 0.25) is 0 Å². The second kappa shape index (κ2) is 21.9. The Hall–Kier alpha value is -1.71. The summed E-state index contributed by atoms with van der Waals surface area (Å²) in [7, 11) is 1.65. The topological polar surface area (TPSA) is 102 Å². The molecule has 7 nitrogen and oxygen atoms in total. The van der Waals surface area contributed by atoms with Crippen molar-refractivity contribution in [1.82, 2.24) is 0 Å². The Kier molecular flexibility index (Phi) is 19.0. The standard InChI is InChI=1S/C33H52O7S/c1-3-4-5-6-7-8-17-39-18-19-40-33(37)13-10-20-41-21-16-30-29(31(35)24-32(30)36)15-14-28(34)23-26-11-9-12-27(22-26)25-38-2/h9,11-12,14-15,22,28-31,34-35H,3-8,10,13,16-21,23-25H2,1-2H3. The van der Waals surface area contributed by atoms with Gasteiger partial charge in [0.05, 0.1) is 25.4 Å². The summed E-state index contributed by atoms with van der Waals surface area (Å²) >= 11 is 1.71. The van der Waals surface area contributed by atoms with E-state index in [1.807, 2.05) is 30.3 Å². The molecule has 0 aromatic heterocycles. The summed E-state index contributed by atoms with van der Waals surface area (Å²) in [6.45, 7) is 4.21. The largest absolute Gasteiger partial charge is 0.463 e. The Morgan fingerprint density at radius 1 is 1.07 bits per heavy atom. The van der Waals surface area contributed by atoms with Crippen molar-refractivity contribution in [3.8, 4) is 0 Å². The third-order valence-corrected chi connectivity index (χ3v) is 8.51. The highest BCUT2D eigenvalue weighted by Crippen LogP contribution is 2.34. The van der Waals surface area contributed by atoms with E-state index in [2.05, 4.69) is 6.92 Å². The fourth-order valence-electron chi connectivity index (χ4n) is 5.18. The van der Waals surface area contributed by atoms with E-state index in [9.17, 15) is 19.8 Å². The van der Waals surface area contributed by atoms with Crippen LogP contribution in [0.3, 0.4) is 0 Å². The van der Waals surface area contributed by atoms with Gasteiger partial charge in [-0.25, -0.2) is 0 Å². The number of carbonyl (C=O) groups excluding carboxylic acids is 2. The number of aliphatic hydroxyl groups is 2. The van der Waals surface area contributed by atoms with Gasteiger partial charge in [-0.15, -0.1) is 0 Å². The number of benzene rings is 1. The second-order valence-corrected chi connectivity index (χ2v) is 12.2. The van der Waals surface area contributed by atoms with Crippen molar-refractivity contribution < 1.29 is 34.0 Å². The summed E-state index contributed by atoms with van der Waals surface area (Å²) in [6, 6.07) is 7.92. The maximum absolute atomic E-state index is 12.5. The molecule has 1 fully saturated rings. The van der Waals surface area contributed by atoms with Gasteiger partial charge in [0.15, 0.2) is 0 Å². The predicted molar refractivity (Wildman–Crippen MR) is 165 cm³/mol. The second-order valence-electron chi connectivity index (χ2n) is 10.9. The van der Waals surface area contributed by atoms with Gasteiger partial charge in [0.1, 0.15) is 12.4 Å². The number of hydrogen-bond donors (Lipinski definition) is 2. The molecule has 4 atom stereocenters. The van der Waals surface area contributed by atoms with E-state index in [-0.39, 0.29) is 30.0 Å². The lowest BCUT2D eigenvalue weighted by Gasteiger charge is -2.18. The molecule has 0 spiro atoms. The summed E-state index contributed by atoms with van der Waals surface area (Å²) < 4.78 is 16.0. The van der Waals surface area contributed by atoms with Crippen molar-refractivity contribution in [2.45, 2.75) is 96.4 Å². The summed E-state index contributed by atoms with van der Waals surface area (Å²) in [5.41, 5.74) is 2.06. The number of ketones is 1. The Balaban J connectivity index is 1.57. The van der Waals surface area contributed by atoms with E-state index < -0.39 is 12.2 Å². The lowest BCUT2D eigenvalue weighted by Crippen LogP contribution is -2.20. The number of esters is 1. The van der Waals surface area contributed by atoms with Gasteiger partial charge in [-0.05, 0) is 41.9 Å². The molecule has 41 heavy (non-hydrogen) atoms. The van der Waals surface area contributed by atoms with Crippen molar-refractivity contribution in [2.75, 3.05) is 38.4 Å². The molecule has 1 aliphatic rings. The zero-order chi connectivity index (χ0) is 29.7. The zero-order valence-corrected chi connectivity index (χ0v) is 26.0. The van der Waals surface area contributed by atoms with Crippen LogP contribution in [0.25, 0.3) is 0 Å². The predicted octanol–water partition coefficient (Wildman–Crippen LogP) is 5.68. The average molecular weight is 593 g/mol. The van der Waals surface area contributed by atoms with Crippen molar-refractivity contribution >= 4 is 23.5 Å². The van der Waals surface area contributed by atoms with E-state index >= 15 is 0 Å². The highest BCUT2D eigenvalue weighted by atomic mass is 32.2. The van der Waals surface area contributed by atoms with Gasteiger partial charge in [0.2, 0.25) is 0 Å². The molecule has 0 heterocycles. The number of hydrogen-bond acceptors (Lipinski definition) is 8. The molecular formula is C33H52O7S. The molecule has 0 saturated heterocycles. The van der Waals surface area contributed by atoms with Gasteiger partial charge < -0.3 is 24.4 Å². The third-order valence-electron chi connectivity index (χ3n) is 7.41. The van der Waals surface area contributed by atoms with Crippen LogP contribution in [0.4, 0.5) is 0 Å². The minimum atomic E-state index is -0.712. The summed E-state index contributed by atoms with van der Waals surface area (Å²) in [6.07, 6.45) is 11.9. The minimum Gasteiger partial charge on any atom is -0.463 e. The van der Waals surface area contributed by atoms with Crippen molar-refractivity contribution in [1.29, 1.82) is 0 Å². The van der Waals surface area contributed by atoms with Gasteiger partial charge in [0.25, 0.3) is 0 Å². The molecule has 1 aromatic carbocycles. The van der Waals surface area contributed by atoms with Crippen LogP contribution in [-0.4, -0.2) is 72.6 Å². The van der Waals surface area contributed by atoms with Crippen LogP contribution in [0.15, 0.2) is 36.4 Å². The van der Waals surface area contributed by atoms with E-state index in [1.54, 1.807) is 24.9 Å². The number of carbonyl (C=O) groups is 2. The Labute approximate surface area is 251 Å². The molecular weight excluding hydrogens is 540 g/mol. The number of ether oxygens (including phenoxy) is 3. The monoisotopic (exact) mass is 592 g/mol. The summed E-state index contributed by atoms with van der Waals surface area (Å²) in [4.78, 5) is 24.5. The van der Waals surface area contributed by atoms with E-state index in [0.29, 0.717) is 39.1 Å². The normalized spacial score (nSPS) is 19.7. The van der Waals surface area contributed by atoms with Crippen molar-refractivity contribution in [3.05, 3.63) is 47.5 Å². The van der Waals surface area contributed by atoms with Crippen LogP contribution < -0.4 is 0 Å².